The molecule has 5 heteroatoms. The fourth-order valence-corrected chi connectivity index (χ4v) is 1.99. The molecule has 70 valence electrons. The molecule has 0 aliphatic rings. The van der Waals surface area contributed by atoms with Gasteiger partial charge in [-0.3, -0.25) is 4.98 Å². The Hall–Kier alpha value is -0.905. The predicted octanol–water partition coefficient (Wildman–Crippen LogP) is 0.677. The molecule has 2 aromatic rings. The molecule has 0 aliphatic heterocycles. The molecular weight excluding hydrogens is 245 g/mol. The Labute approximate surface area is 89.7 Å². The van der Waals surface area contributed by atoms with Gasteiger partial charge in [0.05, 0.1) is 5.52 Å². The monoisotopic (exact) mass is 251 g/mol. The molecule has 1 aromatic heterocycles. The molecule has 3 nitrogen and oxygen atoms in total. The molecule has 0 aliphatic carbocycles. The third kappa shape index (κ3) is 1.54. The van der Waals surface area contributed by atoms with Crippen molar-refractivity contribution in [3.05, 3.63) is 34.9 Å². The van der Waals surface area contributed by atoms with E-state index in [1.165, 1.54) is 0 Å². The number of aromatic nitrogens is 1. The van der Waals surface area contributed by atoms with E-state index in [1.54, 1.807) is 12.3 Å². The van der Waals surface area contributed by atoms with Crippen LogP contribution in [0.3, 0.4) is 0 Å². The third-order valence-electron chi connectivity index (χ3n) is 2.03. The number of rotatable bonds is 1. The van der Waals surface area contributed by atoms with Gasteiger partial charge in [-0.2, -0.15) is 0 Å². The van der Waals surface area contributed by atoms with Gasteiger partial charge in [-0.15, -0.1) is 0 Å². The van der Waals surface area contributed by atoms with Crippen LogP contribution in [-0.4, -0.2) is 22.2 Å². The molecule has 1 aromatic carbocycles. The second kappa shape index (κ2) is 3.69. The van der Waals surface area contributed by atoms with Crippen LogP contribution in [0, 0.1) is 0 Å². The first-order valence-electron chi connectivity index (χ1n) is 4.09. The van der Waals surface area contributed by atoms with E-state index in [1.807, 2.05) is 18.2 Å². The van der Waals surface area contributed by atoms with Crippen LogP contribution in [-0.2, 0) is 0 Å². The molecule has 0 fully saturated rings. The average Bonchev–Trinajstić information content (AvgIpc) is 2.17. The van der Waals surface area contributed by atoms with Crippen molar-refractivity contribution in [2.75, 3.05) is 0 Å². The Bertz CT molecular complexity index is 470. The number of pyridine rings is 1. The van der Waals surface area contributed by atoms with E-state index in [9.17, 15) is 0 Å². The summed E-state index contributed by atoms with van der Waals surface area (Å²) in [6, 6.07) is 7.12. The average molecular weight is 252 g/mol. The summed E-state index contributed by atoms with van der Waals surface area (Å²) in [5, 5.41) is 19.0. The maximum atomic E-state index is 9.15. The first kappa shape index (κ1) is 9.64. The quantitative estimate of drug-likeness (QED) is 0.733. The topological polar surface area (TPSA) is 53.4 Å². The highest BCUT2D eigenvalue weighted by molar-refractivity contribution is 9.10. The molecule has 0 amide bonds. The molecule has 1 heterocycles. The Balaban J connectivity index is 2.84. The van der Waals surface area contributed by atoms with Gasteiger partial charge in [0.2, 0.25) is 0 Å². The molecule has 0 saturated carbocycles. The second-order valence-corrected chi connectivity index (χ2v) is 3.76. The molecule has 2 N–H and O–H groups in total. The summed E-state index contributed by atoms with van der Waals surface area (Å²) in [5.41, 5.74) is 1.20. The Kier molecular flexibility index (Phi) is 2.54. The number of hydrogen-bond donors (Lipinski definition) is 2. The van der Waals surface area contributed by atoms with Crippen LogP contribution in [0.15, 0.2) is 34.9 Å². The number of hydrogen-bond acceptors (Lipinski definition) is 3. The van der Waals surface area contributed by atoms with E-state index in [4.69, 9.17) is 10.0 Å². The fraction of sp³-hybridized carbons (Fsp3) is 0. The van der Waals surface area contributed by atoms with E-state index < -0.39 is 7.12 Å². The minimum Gasteiger partial charge on any atom is -0.423 e. The molecule has 14 heavy (non-hydrogen) atoms. The van der Waals surface area contributed by atoms with Crippen LogP contribution in [0.2, 0.25) is 0 Å². The maximum absolute atomic E-state index is 9.15. The van der Waals surface area contributed by atoms with Gasteiger partial charge in [0.15, 0.2) is 0 Å². The van der Waals surface area contributed by atoms with Gasteiger partial charge >= 0.3 is 7.12 Å². The fourth-order valence-electron chi connectivity index (χ4n) is 1.40. The lowest BCUT2D eigenvalue weighted by atomic mass is 9.78. The van der Waals surface area contributed by atoms with Crippen molar-refractivity contribution in [1.82, 2.24) is 4.98 Å². The lowest BCUT2D eigenvalue weighted by Crippen LogP contribution is -2.30. The molecule has 0 radical (unpaired) electrons. The van der Waals surface area contributed by atoms with Crippen LogP contribution >= 0.6 is 15.9 Å². The summed E-state index contributed by atoms with van der Waals surface area (Å²) in [7, 11) is -1.47. The van der Waals surface area contributed by atoms with Crippen molar-refractivity contribution < 1.29 is 10.0 Å². The number of fused-ring (bicyclic) bond motifs is 1. The van der Waals surface area contributed by atoms with Crippen molar-refractivity contribution in [2.45, 2.75) is 0 Å². The summed E-state index contributed by atoms with van der Waals surface area (Å²) < 4.78 is 0.811. The number of halogens is 1. The Morgan fingerprint density at radius 3 is 2.71 bits per heavy atom. The zero-order valence-electron chi connectivity index (χ0n) is 7.18. The van der Waals surface area contributed by atoms with Crippen LogP contribution < -0.4 is 5.46 Å². The largest absolute Gasteiger partial charge is 0.489 e. The van der Waals surface area contributed by atoms with Crippen molar-refractivity contribution in [1.29, 1.82) is 0 Å². The summed E-state index contributed by atoms with van der Waals surface area (Å²) in [5.74, 6) is 0. The van der Waals surface area contributed by atoms with Crippen molar-refractivity contribution in [2.24, 2.45) is 0 Å². The lowest BCUT2D eigenvalue weighted by Gasteiger charge is -2.05. The minimum absolute atomic E-state index is 0.461. The van der Waals surface area contributed by atoms with Gasteiger partial charge in [0.25, 0.3) is 0 Å². The van der Waals surface area contributed by atoms with Crippen molar-refractivity contribution >= 4 is 39.4 Å². The van der Waals surface area contributed by atoms with Crippen molar-refractivity contribution in [3.8, 4) is 0 Å². The first-order valence-corrected chi connectivity index (χ1v) is 4.88. The molecule has 0 unspecified atom stereocenters. The highest BCUT2D eigenvalue weighted by Gasteiger charge is 2.16. The van der Waals surface area contributed by atoms with E-state index in [2.05, 4.69) is 20.9 Å². The SMILES string of the molecule is OB(O)c1ccnc2cccc(Br)c12. The standard InChI is InChI=1S/C9H7BBrNO2/c11-7-2-1-3-8-9(7)6(10(13)14)4-5-12-8/h1-5,13-14H. The summed E-state index contributed by atoms with van der Waals surface area (Å²) in [6.07, 6.45) is 1.56. The maximum Gasteiger partial charge on any atom is 0.489 e. The molecule has 0 bridgehead atoms. The summed E-state index contributed by atoms with van der Waals surface area (Å²) >= 11 is 3.35. The summed E-state index contributed by atoms with van der Waals surface area (Å²) in [6.45, 7) is 0. The van der Waals surface area contributed by atoms with Crippen LogP contribution in [0.25, 0.3) is 10.9 Å². The van der Waals surface area contributed by atoms with Gasteiger partial charge in [-0.05, 0) is 23.7 Å². The molecule has 0 saturated heterocycles. The van der Waals surface area contributed by atoms with Crippen molar-refractivity contribution in [3.63, 3.8) is 0 Å². The zero-order chi connectivity index (χ0) is 10.1. The molecular formula is C9H7BBrNO2. The predicted molar refractivity (Wildman–Crippen MR) is 59.3 cm³/mol. The van der Waals surface area contributed by atoms with Gasteiger partial charge in [-0.25, -0.2) is 0 Å². The van der Waals surface area contributed by atoms with Gasteiger partial charge in [0, 0.05) is 16.1 Å². The van der Waals surface area contributed by atoms with Crippen LogP contribution in [0.1, 0.15) is 0 Å². The smallest absolute Gasteiger partial charge is 0.423 e. The van der Waals surface area contributed by atoms with Crippen LogP contribution in [0.4, 0.5) is 0 Å². The van der Waals surface area contributed by atoms with Gasteiger partial charge < -0.3 is 10.0 Å². The zero-order valence-corrected chi connectivity index (χ0v) is 8.77. The van der Waals surface area contributed by atoms with E-state index in [0.717, 1.165) is 15.4 Å². The summed E-state index contributed by atoms with van der Waals surface area (Å²) in [4.78, 5) is 4.13. The number of nitrogens with zero attached hydrogens (tertiary/aromatic N) is 1. The van der Waals surface area contributed by atoms with E-state index in [-0.39, 0.29) is 0 Å². The normalized spacial score (nSPS) is 10.5. The van der Waals surface area contributed by atoms with Gasteiger partial charge in [0.1, 0.15) is 0 Å². The molecule has 0 spiro atoms. The third-order valence-corrected chi connectivity index (χ3v) is 2.69. The van der Waals surface area contributed by atoms with Crippen LogP contribution in [0.5, 0.6) is 0 Å². The highest BCUT2D eigenvalue weighted by Crippen LogP contribution is 2.20. The van der Waals surface area contributed by atoms with Gasteiger partial charge in [-0.1, -0.05) is 22.0 Å². The Morgan fingerprint density at radius 1 is 1.21 bits per heavy atom. The highest BCUT2D eigenvalue weighted by atomic mass is 79.9. The second-order valence-electron chi connectivity index (χ2n) is 2.91. The molecule has 2 rings (SSSR count). The lowest BCUT2D eigenvalue weighted by molar-refractivity contribution is 0.426. The molecule has 0 atom stereocenters. The number of benzene rings is 1. The Morgan fingerprint density at radius 2 is 2.00 bits per heavy atom. The minimum atomic E-state index is -1.47. The van der Waals surface area contributed by atoms with E-state index in [0.29, 0.717) is 5.46 Å². The van der Waals surface area contributed by atoms with E-state index >= 15 is 0 Å². The first-order chi connectivity index (χ1) is 6.70.